The molecule has 1 aromatic rings. The lowest BCUT2D eigenvalue weighted by atomic mass is 9.94. The van der Waals surface area contributed by atoms with Crippen LogP contribution in [0.4, 0.5) is 5.69 Å². The quantitative estimate of drug-likeness (QED) is 0.789. The van der Waals surface area contributed by atoms with Gasteiger partial charge in [-0.1, -0.05) is 28.4 Å². The van der Waals surface area contributed by atoms with Crippen LogP contribution in [0, 0.1) is 18.4 Å². The van der Waals surface area contributed by atoms with Crippen LogP contribution in [0.5, 0.6) is 0 Å². The first kappa shape index (κ1) is 16.5. The molecule has 6 heteroatoms. The normalized spacial score (nSPS) is 30.6. The highest BCUT2D eigenvalue weighted by Crippen LogP contribution is 2.37. The van der Waals surface area contributed by atoms with Crippen LogP contribution in [0.3, 0.4) is 0 Å². The monoisotopic (exact) mass is 401 g/mol. The van der Waals surface area contributed by atoms with E-state index in [0.29, 0.717) is 12.6 Å². The molecule has 3 aliphatic rings. The average Bonchev–Trinajstić information content (AvgIpc) is 3.26. The summed E-state index contributed by atoms with van der Waals surface area (Å²) in [5.41, 5.74) is 0.827. The fourth-order valence-corrected chi connectivity index (χ4v) is 4.81. The average molecular weight is 402 g/mol. The number of carbonyl (C=O) groups excluding carboxylic acids is 2. The van der Waals surface area contributed by atoms with Gasteiger partial charge in [0.1, 0.15) is 0 Å². The van der Waals surface area contributed by atoms with Crippen molar-refractivity contribution in [2.24, 2.45) is 5.92 Å². The van der Waals surface area contributed by atoms with Crippen molar-refractivity contribution in [1.29, 1.82) is 0 Å². The maximum atomic E-state index is 12.7. The molecule has 4 atom stereocenters. The Morgan fingerprint density at radius 2 is 2.20 bits per heavy atom. The van der Waals surface area contributed by atoms with Crippen molar-refractivity contribution in [3.8, 4) is 12.5 Å². The van der Waals surface area contributed by atoms with Crippen LogP contribution in [0.1, 0.15) is 25.7 Å². The standard InChI is InChI=1S/C19H20BrN3O2/c1-2-22-15-6-7-17(22)16(10-15)21-19(25)12-8-18(24)23(11-12)14-5-3-4-13(20)9-14/h1,3-5,9,12,15-17H,6-8,10-11H2,(H,21,25)/t12-,15+,16-,17-/m1/s1. The molecule has 3 saturated heterocycles. The number of rotatable bonds is 3. The zero-order valence-corrected chi connectivity index (χ0v) is 15.4. The Morgan fingerprint density at radius 3 is 2.92 bits per heavy atom. The second-order valence-electron chi connectivity index (χ2n) is 7.07. The maximum Gasteiger partial charge on any atom is 0.227 e. The first-order valence-electron chi connectivity index (χ1n) is 8.67. The summed E-state index contributed by atoms with van der Waals surface area (Å²) in [5, 5.41) is 3.16. The lowest BCUT2D eigenvalue weighted by molar-refractivity contribution is -0.127. The molecule has 0 aliphatic carbocycles. The van der Waals surface area contributed by atoms with Crippen LogP contribution in [0.2, 0.25) is 0 Å². The third-order valence-corrected chi connectivity index (χ3v) is 6.12. The van der Waals surface area contributed by atoms with Gasteiger partial charge in [0.2, 0.25) is 11.8 Å². The van der Waals surface area contributed by atoms with Gasteiger partial charge in [0.25, 0.3) is 0 Å². The fourth-order valence-electron chi connectivity index (χ4n) is 4.42. The lowest BCUT2D eigenvalue weighted by Crippen LogP contribution is -2.46. The predicted molar refractivity (Wildman–Crippen MR) is 98.6 cm³/mol. The van der Waals surface area contributed by atoms with Crippen molar-refractivity contribution >= 4 is 33.4 Å². The summed E-state index contributed by atoms with van der Waals surface area (Å²) in [5.74, 6) is -0.332. The summed E-state index contributed by atoms with van der Waals surface area (Å²) in [6.45, 7) is 0.431. The number of amides is 2. The van der Waals surface area contributed by atoms with E-state index in [-0.39, 0.29) is 36.2 Å². The summed E-state index contributed by atoms with van der Waals surface area (Å²) in [6, 6.07) is 11.1. The molecule has 2 bridgehead atoms. The third kappa shape index (κ3) is 2.91. The second kappa shape index (κ2) is 6.38. The van der Waals surface area contributed by atoms with Crippen molar-refractivity contribution in [1.82, 2.24) is 10.2 Å². The number of carbonyl (C=O) groups is 2. The van der Waals surface area contributed by atoms with Crippen LogP contribution in [-0.2, 0) is 9.59 Å². The van der Waals surface area contributed by atoms with Gasteiger partial charge in [-0.05, 0) is 37.5 Å². The maximum absolute atomic E-state index is 12.7. The molecule has 0 saturated carbocycles. The SMILES string of the molecule is C#CN1[C@H]2CC[C@@H]1[C@H](NC(=O)[C@@H]1CC(=O)N(c3cccc(Br)c3)C1)C2. The van der Waals surface area contributed by atoms with Crippen molar-refractivity contribution in [2.75, 3.05) is 11.4 Å². The van der Waals surface area contributed by atoms with Crippen LogP contribution in [0.15, 0.2) is 28.7 Å². The van der Waals surface area contributed by atoms with Gasteiger partial charge < -0.3 is 15.1 Å². The van der Waals surface area contributed by atoms with E-state index < -0.39 is 0 Å². The van der Waals surface area contributed by atoms with E-state index in [4.69, 9.17) is 6.42 Å². The van der Waals surface area contributed by atoms with Gasteiger partial charge in [0.15, 0.2) is 0 Å². The van der Waals surface area contributed by atoms with E-state index in [1.165, 1.54) is 0 Å². The highest BCUT2D eigenvalue weighted by molar-refractivity contribution is 9.10. The zero-order chi connectivity index (χ0) is 17.6. The van der Waals surface area contributed by atoms with Gasteiger partial charge >= 0.3 is 0 Å². The minimum atomic E-state index is -0.301. The molecule has 25 heavy (non-hydrogen) atoms. The molecule has 0 radical (unpaired) electrons. The molecule has 1 N–H and O–H groups in total. The highest BCUT2D eigenvalue weighted by atomic mass is 79.9. The Hall–Kier alpha value is -2.00. The van der Waals surface area contributed by atoms with E-state index in [2.05, 4.69) is 32.2 Å². The summed E-state index contributed by atoms with van der Waals surface area (Å²) in [6.07, 6.45) is 8.91. The number of anilines is 1. The van der Waals surface area contributed by atoms with E-state index >= 15 is 0 Å². The molecular formula is C19H20BrN3O2. The van der Waals surface area contributed by atoms with E-state index in [1.54, 1.807) is 4.90 Å². The molecule has 4 rings (SSSR count). The number of nitrogens with one attached hydrogen (secondary N) is 1. The summed E-state index contributed by atoms with van der Waals surface area (Å²) >= 11 is 3.42. The molecule has 0 unspecified atom stereocenters. The molecule has 3 aliphatic heterocycles. The van der Waals surface area contributed by atoms with Crippen molar-refractivity contribution in [2.45, 2.75) is 43.8 Å². The van der Waals surface area contributed by atoms with Gasteiger partial charge in [-0.15, -0.1) is 0 Å². The number of terminal acetylenes is 1. The number of halogens is 1. The van der Waals surface area contributed by atoms with Crippen molar-refractivity contribution < 1.29 is 9.59 Å². The van der Waals surface area contributed by atoms with E-state index in [9.17, 15) is 9.59 Å². The topological polar surface area (TPSA) is 52.7 Å². The molecule has 0 aromatic heterocycles. The third-order valence-electron chi connectivity index (χ3n) is 5.63. The molecule has 3 fully saturated rings. The van der Waals surface area contributed by atoms with Crippen LogP contribution >= 0.6 is 15.9 Å². The van der Waals surface area contributed by atoms with E-state index in [0.717, 1.165) is 29.4 Å². The Labute approximate surface area is 155 Å². The zero-order valence-electron chi connectivity index (χ0n) is 13.8. The highest BCUT2D eigenvalue weighted by Gasteiger charge is 2.46. The minimum absolute atomic E-state index is 0.00329. The molecule has 0 spiro atoms. The van der Waals surface area contributed by atoms with Gasteiger partial charge in [-0.25, -0.2) is 0 Å². The van der Waals surface area contributed by atoms with Crippen LogP contribution < -0.4 is 10.2 Å². The second-order valence-corrected chi connectivity index (χ2v) is 7.99. The molecule has 1 aromatic carbocycles. The minimum Gasteiger partial charge on any atom is -0.351 e. The first-order chi connectivity index (χ1) is 12.1. The van der Waals surface area contributed by atoms with Crippen molar-refractivity contribution in [3.05, 3.63) is 28.7 Å². The molecule has 3 heterocycles. The van der Waals surface area contributed by atoms with Crippen LogP contribution in [0.25, 0.3) is 0 Å². The molecular weight excluding hydrogens is 382 g/mol. The molecule has 130 valence electrons. The first-order valence-corrected chi connectivity index (χ1v) is 9.47. The Morgan fingerprint density at radius 1 is 1.36 bits per heavy atom. The number of hydrogen-bond donors (Lipinski definition) is 1. The number of hydrogen-bond acceptors (Lipinski definition) is 3. The predicted octanol–water partition coefficient (Wildman–Crippen LogP) is 2.11. The number of fused-ring (bicyclic) bond motifs is 2. The summed E-state index contributed by atoms with van der Waals surface area (Å²) in [7, 11) is 0. The van der Waals surface area contributed by atoms with Gasteiger partial charge in [0.05, 0.1) is 18.0 Å². The van der Waals surface area contributed by atoms with E-state index in [1.807, 2.05) is 24.3 Å². The largest absolute Gasteiger partial charge is 0.351 e. The summed E-state index contributed by atoms with van der Waals surface area (Å²) < 4.78 is 0.919. The number of benzene rings is 1. The van der Waals surface area contributed by atoms with Crippen molar-refractivity contribution in [3.63, 3.8) is 0 Å². The Bertz CT molecular complexity index is 759. The summed E-state index contributed by atoms with van der Waals surface area (Å²) in [4.78, 5) is 28.8. The lowest BCUT2D eigenvalue weighted by Gasteiger charge is -2.24. The van der Waals surface area contributed by atoms with Gasteiger partial charge in [0, 0.05) is 35.2 Å². The van der Waals surface area contributed by atoms with Crippen LogP contribution in [-0.4, -0.2) is 41.4 Å². The smallest absolute Gasteiger partial charge is 0.227 e. The Kier molecular flexibility index (Phi) is 4.20. The molecule has 5 nitrogen and oxygen atoms in total. The fraction of sp³-hybridized carbons (Fsp3) is 0.474. The number of nitrogens with zero attached hydrogens (tertiary/aromatic N) is 2. The van der Waals surface area contributed by atoms with Gasteiger partial charge in [-0.2, -0.15) is 0 Å². The van der Waals surface area contributed by atoms with Gasteiger partial charge in [-0.3, -0.25) is 9.59 Å². The molecule has 2 amide bonds. The Balaban J connectivity index is 1.41.